The first-order valence-corrected chi connectivity index (χ1v) is 7.84. The molecule has 0 fully saturated rings. The van der Waals surface area contributed by atoms with Crippen molar-refractivity contribution in [1.29, 1.82) is 0 Å². The van der Waals surface area contributed by atoms with Gasteiger partial charge < -0.3 is 15.5 Å². The van der Waals surface area contributed by atoms with Gasteiger partial charge in [-0.25, -0.2) is 4.98 Å². The highest BCUT2D eigenvalue weighted by molar-refractivity contribution is 6.30. The normalized spacial score (nSPS) is 10.6. The Bertz CT molecular complexity index is 661. The molecule has 6 heteroatoms. The molecular formula is C17H21ClN4O. The summed E-state index contributed by atoms with van der Waals surface area (Å²) in [5.74, 6) is 0.508. The number of amides is 1. The minimum Gasteiger partial charge on any atom is -0.370 e. The minimum absolute atomic E-state index is 0.189. The number of pyridine rings is 1. The van der Waals surface area contributed by atoms with Crippen LogP contribution in [0.3, 0.4) is 0 Å². The molecule has 0 aliphatic carbocycles. The van der Waals surface area contributed by atoms with E-state index < -0.39 is 0 Å². The van der Waals surface area contributed by atoms with Gasteiger partial charge in [-0.1, -0.05) is 17.7 Å². The van der Waals surface area contributed by atoms with Gasteiger partial charge in [-0.05, 0) is 57.4 Å². The number of anilines is 2. The molecule has 2 aromatic rings. The van der Waals surface area contributed by atoms with Gasteiger partial charge in [-0.15, -0.1) is 0 Å². The summed E-state index contributed by atoms with van der Waals surface area (Å²) >= 11 is 5.92. The van der Waals surface area contributed by atoms with E-state index in [2.05, 4.69) is 20.5 Å². The smallest absolute Gasteiger partial charge is 0.255 e. The Labute approximate surface area is 141 Å². The molecule has 0 aliphatic rings. The first-order chi connectivity index (χ1) is 11.0. The van der Waals surface area contributed by atoms with E-state index in [0.717, 1.165) is 19.5 Å². The molecular weight excluding hydrogens is 312 g/mol. The predicted molar refractivity (Wildman–Crippen MR) is 95.3 cm³/mol. The maximum Gasteiger partial charge on any atom is 0.255 e. The zero-order chi connectivity index (χ0) is 16.7. The zero-order valence-corrected chi connectivity index (χ0v) is 14.1. The molecule has 0 saturated carbocycles. The maximum atomic E-state index is 12.3. The van der Waals surface area contributed by atoms with Crippen LogP contribution in [0, 0.1) is 0 Å². The van der Waals surface area contributed by atoms with E-state index in [0.29, 0.717) is 22.1 Å². The van der Waals surface area contributed by atoms with Crippen molar-refractivity contribution in [2.24, 2.45) is 0 Å². The third-order valence-corrected chi connectivity index (χ3v) is 3.43. The van der Waals surface area contributed by atoms with Gasteiger partial charge in [0, 0.05) is 29.0 Å². The minimum atomic E-state index is -0.189. The largest absolute Gasteiger partial charge is 0.370 e. The number of halogens is 1. The lowest BCUT2D eigenvalue weighted by molar-refractivity contribution is 0.102. The van der Waals surface area contributed by atoms with Gasteiger partial charge in [0.1, 0.15) is 5.82 Å². The highest BCUT2D eigenvalue weighted by atomic mass is 35.5. The highest BCUT2D eigenvalue weighted by Gasteiger charge is 2.07. The Morgan fingerprint density at radius 3 is 2.83 bits per heavy atom. The van der Waals surface area contributed by atoms with Crippen molar-refractivity contribution in [3.05, 3.63) is 53.2 Å². The second-order valence-corrected chi connectivity index (χ2v) is 5.91. The fourth-order valence-corrected chi connectivity index (χ4v) is 2.24. The van der Waals surface area contributed by atoms with E-state index in [9.17, 15) is 4.79 Å². The van der Waals surface area contributed by atoms with Crippen LogP contribution in [0.5, 0.6) is 0 Å². The lowest BCUT2D eigenvalue weighted by Gasteiger charge is -2.11. The summed E-state index contributed by atoms with van der Waals surface area (Å²) < 4.78 is 0. The highest BCUT2D eigenvalue weighted by Crippen LogP contribution is 2.16. The van der Waals surface area contributed by atoms with E-state index in [1.807, 2.05) is 14.1 Å². The molecule has 1 amide bonds. The lowest BCUT2D eigenvalue weighted by atomic mass is 10.2. The Morgan fingerprint density at radius 1 is 1.26 bits per heavy atom. The van der Waals surface area contributed by atoms with Crippen LogP contribution in [0.25, 0.3) is 0 Å². The van der Waals surface area contributed by atoms with Crippen LogP contribution in [-0.4, -0.2) is 43.0 Å². The summed E-state index contributed by atoms with van der Waals surface area (Å²) in [4.78, 5) is 18.6. The third kappa shape index (κ3) is 5.88. The Kier molecular flexibility index (Phi) is 6.38. The summed E-state index contributed by atoms with van der Waals surface area (Å²) in [5.41, 5.74) is 1.22. The number of carbonyl (C=O) groups excluding carboxylic acids is 1. The molecule has 2 N–H and O–H groups in total. The summed E-state index contributed by atoms with van der Waals surface area (Å²) in [6, 6.07) is 10.5. The molecule has 0 radical (unpaired) electrons. The average Bonchev–Trinajstić information content (AvgIpc) is 2.52. The molecule has 0 atom stereocenters. The van der Waals surface area contributed by atoms with Gasteiger partial charge in [-0.2, -0.15) is 0 Å². The van der Waals surface area contributed by atoms with E-state index in [1.54, 1.807) is 42.6 Å². The lowest BCUT2D eigenvalue weighted by Crippen LogP contribution is -2.17. The second kappa shape index (κ2) is 8.50. The van der Waals surface area contributed by atoms with Crippen LogP contribution in [-0.2, 0) is 0 Å². The second-order valence-electron chi connectivity index (χ2n) is 5.48. The van der Waals surface area contributed by atoms with Crippen LogP contribution < -0.4 is 10.6 Å². The Hall–Kier alpha value is -2.11. The SMILES string of the molecule is CN(C)CCCNc1cc(C(=O)Nc2cccc(Cl)c2)ccn1. The quantitative estimate of drug-likeness (QED) is 0.763. The van der Waals surface area contributed by atoms with Crippen molar-refractivity contribution in [3.8, 4) is 0 Å². The zero-order valence-electron chi connectivity index (χ0n) is 13.3. The molecule has 0 saturated heterocycles. The molecule has 1 aromatic heterocycles. The van der Waals surface area contributed by atoms with Gasteiger partial charge in [0.15, 0.2) is 0 Å². The van der Waals surface area contributed by atoms with Crippen molar-refractivity contribution in [1.82, 2.24) is 9.88 Å². The van der Waals surface area contributed by atoms with Crippen molar-refractivity contribution >= 4 is 29.0 Å². The van der Waals surface area contributed by atoms with Gasteiger partial charge >= 0.3 is 0 Å². The number of nitrogens with zero attached hydrogens (tertiary/aromatic N) is 2. The number of nitrogens with one attached hydrogen (secondary N) is 2. The predicted octanol–water partition coefficient (Wildman–Crippen LogP) is 3.35. The van der Waals surface area contributed by atoms with Gasteiger partial charge in [0.2, 0.25) is 0 Å². The molecule has 2 rings (SSSR count). The van der Waals surface area contributed by atoms with E-state index in [-0.39, 0.29) is 5.91 Å². The Balaban J connectivity index is 1.94. The molecule has 23 heavy (non-hydrogen) atoms. The van der Waals surface area contributed by atoms with E-state index in [1.165, 1.54) is 0 Å². The third-order valence-electron chi connectivity index (χ3n) is 3.19. The summed E-state index contributed by atoms with van der Waals surface area (Å²) in [6.07, 6.45) is 2.63. The van der Waals surface area contributed by atoms with Gasteiger partial charge in [-0.3, -0.25) is 4.79 Å². The summed E-state index contributed by atoms with van der Waals surface area (Å²) in [5, 5.41) is 6.64. The first kappa shape index (κ1) is 17.2. The summed E-state index contributed by atoms with van der Waals surface area (Å²) in [6.45, 7) is 1.81. The molecule has 122 valence electrons. The number of benzene rings is 1. The van der Waals surface area contributed by atoms with Crippen LogP contribution in [0.15, 0.2) is 42.6 Å². The number of hydrogen-bond acceptors (Lipinski definition) is 4. The molecule has 0 aliphatic heterocycles. The van der Waals surface area contributed by atoms with E-state index in [4.69, 9.17) is 11.6 Å². The standard InChI is InChI=1S/C17H21ClN4O/c1-22(2)10-4-8-19-16-11-13(7-9-20-16)17(23)21-15-6-3-5-14(18)12-15/h3,5-7,9,11-12H,4,8,10H2,1-2H3,(H,19,20)(H,21,23). The van der Waals surface area contributed by atoms with Gasteiger partial charge in [0.25, 0.3) is 5.91 Å². The number of aromatic nitrogens is 1. The Morgan fingerprint density at radius 2 is 2.09 bits per heavy atom. The van der Waals surface area contributed by atoms with Crippen LogP contribution in [0.2, 0.25) is 5.02 Å². The molecule has 5 nitrogen and oxygen atoms in total. The average molecular weight is 333 g/mol. The van der Waals surface area contributed by atoms with Crippen molar-refractivity contribution in [2.75, 3.05) is 37.8 Å². The molecule has 0 bridgehead atoms. The van der Waals surface area contributed by atoms with Gasteiger partial charge in [0.05, 0.1) is 0 Å². The van der Waals surface area contributed by atoms with Crippen molar-refractivity contribution in [3.63, 3.8) is 0 Å². The molecule has 1 heterocycles. The molecule has 0 unspecified atom stereocenters. The fraction of sp³-hybridized carbons (Fsp3) is 0.294. The van der Waals surface area contributed by atoms with Crippen LogP contribution >= 0.6 is 11.6 Å². The maximum absolute atomic E-state index is 12.3. The number of rotatable bonds is 7. The van der Waals surface area contributed by atoms with Crippen LogP contribution in [0.4, 0.5) is 11.5 Å². The molecule has 1 aromatic carbocycles. The number of carbonyl (C=O) groups is 1. The number of hydrogen-bond donors (Lipinski definition) is 2. The topological polar surface area (TPSA) is 57.3 Å². The first-order valence-electron chi connectivity index (χ1n) is 7.46. The molecule has 0 spiro atoms. The van der Waals surface area contributed by atoms with Crippen molar-refractivity contribution < 1.29 is 4.79 Å². The summed E-state index contributed by atoms with van der Waals surface area (Å²) in [7, 11) is 4.08. The fourth-order valence-electron chi connectivity index (χ4n) is 2.05. The van der Waals surface area contributed by atoms with Crippen LogP contribution in [0.1, 0.15) is 16.8 Å². The van der Waals surface area contributed by atoms with E-state index >= 15 is 0 Å². The van der Waals surface area contributed by atoms with Crippen molar-refractivity contribution in [2.45, 2.75) is 6.42 Å². The monoisotopic (exact) mass is 332 g/mol.